The maximum absolute atomic E-state index is 9.10. The van der Waals surface area contributed by atoms with Crippen LogP contribution in [0.3, 0.4) is 0 Å². The number of nitrogens with two attached hydrogens (primary N) is 2. The van der Waals surface area contributed by atoms with Gasteiger partial charge < -0.3 is 21.7 Å². The summed E-state index contributed by atoms with van der Waals surface area (Å²) in [5.41, 5.74) is 9.81. The molecule has 61 valence electrons. The number of hydrogen-bond donors (Lipinski definition) is 4. The van der Waals surface area contributed by atoms with Crippen LogP contribution in [0.15, 0.2) is 0 Å². The van der Waals surface area contributed by atoms with Crippen molar-refractivity contribution in [1.29, 1.82) is 0 Å². The number of hydrogen-bond acceptors (Lipinski definition) is 4. The molecule has 0 aromatic heterocycles. The minimum atomic E-state index is -1.82. The average Bonchev–Trinajstić information content (AvgIpc) is 1.89. The zero-order valence-electron chi connectivity index (χ0n) is 6.28. The third kappa shape index (κ3) is 25.8. The molecule has 0 saturated carbocycles. The molecular weight excluding hydrogens is 163 g/mol. The van der Waals surface area contributed by atoms with Gasteiger partial charge in [-0.1, -0.05) is 0 Å². The van der Waals surface area contributed by atoms with Gasteiger partial charge >= 0.3 is 11.9 Å². The SMILES string of the molecule is NCCN.O=C(O)C(=O)O.[Na]. The number of carboxylic acid groups (broad SMARTS) is 2. The molecule has 0 saturated heterocycles. The maximum Gasteiger partial charge on any atom is 0.414 e. The molecule has 0 atom stereocenters. The number of carboxylic acids is 2. The van der Waals surface area contributed by atoms with Gasteiger partial charge in [0.1, 0.15) is 0 Å². The number of carbonyl (C=O) groups is 2. The molecule has 0 aromatic rings. The second-order valence-corrected chi connectivity index (χ2v) is 1.19. The Labute approximate surface area is 85.8 Å². The fourth-order valence-corrected chi connectivity index (χ4v) is 0. The Hall–Kier alpha value is -0.140. The van der Waals surface area contributed by atoms with Crippen molar-refractivity contribution in [2.45, 2.75) is 0 Å². The molecule has 6 N–H and O–H groups in total. The molecular formula is C4H10N2NaO4. The van der Waals surface area contributed by atoms with E-state index in [1.807, 2.05) is 0 Å². The van der Waals surface area contributed by atoms with Crippen LogP contribution in [0.25, 0.3) is 0 Å². The van der Waals surface area contributed by atoms with E-state index < -0.39 is 11.9 Å². The molecule has 0 unspecified atom stereocenters. The normalized spacial score (nSPS) is 6.73. The second-order valence-electron chi connectivity index (χ2n) is 1.19. The van der Waals surface area contributed by atoms with Crippen LogP contribution in [0.4, 0.5) is 0 Å². The third-order valence-electron chi connectivity index (χ3n) is 0.350. The van der Waals surface area contributed by atoms with E-state index in [4.69, 9.17) is 31.3 Å². The van der Waals surface area contributed by atoms with E-state index in [2.05, 4.69) is 0 Å². The molecule has 6 nitrogen and oxygen atoms in total. The molecule has 0 spiro atoms. The van der Waals surface area contributed by atoms with Crippen LogP contribution >= 0.6 is 0 Å². The molecule has 7 heteroatoms. The van der Waals surface area contributed by atoms with Gasteiger partial charge in [0.25, 0.3) is 0 Å². The fourth-order valence-electron chi connectivity index (χ4n) is 0. The molecule has 0 heterocycles. The zero-order valence-corrected chi connectivity index (χ0v) is 8.28. The molecule has 0 aromatic carbocycles. The predicted octanol–water partition coefficient (Wildman–Crippen LogP) is -2.32. The van der Waals surface area contributed by atoms with Crippen LogP contribution in [0.2, 0.25) is 0 Å². The Morgan fingerprint density at radius 3 is 1.18 bits per heavy atom. The Morgan fingerprint density at radius 1 is 1.00 bits per heavy atom. The Kier molecular flexibility index (Phi) is 19.5. The monoisotopic (exact) mass is 173 g/mol. The Balaban J connectivity index is -0.000000114. The van der Waals surface area contributed by atoms with Crippen molar-refractivity contribution >= 4 is 41.5 Å². The smallest absolute Gasteiger partial charge is 0.414 e. The van der Waals surface area contributed by atoms with E-state index in [1.54, 1.807) is 0 Å². The maximum atomic E-state index is 9.10. The van der Waals surface area contributed by atoms with Crippen molar-refractivity contribution in [3.05, 3.63) is 0 Å². The van der Waals surface area contributed by atoms with E-state index in [1.165, 1.54) is 0 Å². The van der Waals surface area contributed by atoms with Gasteiger partial charge in [0.2, 0.25) is 0 Å². The first-order valence-corrected chi connectivity index (χ1v) is 2.42. The first-order chi connectivity index (χ1) is 4.56. The van der Waals surface area contributed by atoms with Gasteiger partial charge in [-0.05, 0) is 0 Å². The van der Waals surface area contributed by atoms with Crippen molar-refractivity contribution in [2.75, 3.05) is 13.1 Å². The fraction of sp³-hybridized carbons (Fsp3) is 0.500. The average molecular weight is 173 g/mol. The molecule has 0 amide bonds. The quantitative estimate of drug-likeness (QED) is 0.260. The third-order valence-corrected chi connectivity index (χ3v) is 0.350. The van der Waals surface area contributed by atoms with E-state index >= 15 is 0 Å². The number of rotatable bonds is 1. The molecule has 11 heavy (non-hydrogen) atoms. The summed E-state index contributed by atoms with van der Waals surface area (Å²) < 4.78 is 0. The van der Waals surface area contributed by atoms with Gasteiger partial charge in [-0.2, -0.15) is 0 Å². The first kappa shape index (κ1) is 17.1. The van der Waals surface area contributed by atoms with Gasteiger partial charge in [-0.25, -0.2) is 9.59 Å². The molecule has 0 aliphatic carbocycles. The summed E-state index contributed by atoms with van der Waals surface area (Å²) >= 11 is 0. The Morgan fingerprint density at radius 2 is 1.18 bits per heavy atom. The Bertz CT molecular complexity index is 105. The summed E-state index contributed by atoms with van der Waals surface area (Å²) in [6, 6.07) is 0. The summed E-state index contributed by atoms with van der Waals surface area (Å²) in [7, 11) is 0. The molecule has 0 aliphatic rings. The summed E-state index contributed by atoms with van der Waals surface area (Å²) in [5.74, 6) is -3.65. The van der Waals surface area contributed by atoms with Gasteiger partial charge in [0.15, 0.2) is 0 Å². The van der Waals surface area contributed by atoms with Crippen LogP contribution in [0.1, 0.15) is 0 Å². The van der Waals surface area contributed by atoms with Gasteiger partial charge in [-0.15, -0.1) is 0 Å². The zero-order chi connectivity index (χ0) is 8.57. The summed E-state index contributed by atoms with van der Waals surface area (Å²) in [6.45, 7) is 1.19. The van der Waals surface area contributed by atoms with Gasteiger partial charge in [-0.3, -0.25) is 0 Å². The molecule has 0 fully saturated rings. The minimum absolute atomic E-state index is 0. The predicted molar refractivity (Wildman–Crippen MR) is 39.1 cm³/mol. The minimum Gasteiger partial charge on any atom is -0.473 e. The van der Waals surface area contributed by atoms with Crippen LogP contribution < -0.4 is 11.5 Å². The van der Waals surface area contributed by atoms with Crippen LogP contribution in [-0.4, -0.2) is 64.8 Å². The molecule has 0 bridgehead atoms. The topological polar surface area (TPSA) is 127 Å². The van der Waals surface area contributed by atoms with E-state index in [0.29, 0.717) is 13.1 Å². The first-order valence-electron chi connectivity index (χ1n) is 2.42. The van der Waals surface area contributed by atoms with E-state index in [9.17, 15) is 0 Å². The van der Waals surface area contributed by atoms with Crippen LogP contribution in [-0.2, 0) is 9.59 Å². The van der Waals surface area contributed by atoms with Gasteiger partial charge in [0.05, 0.1) is 0 Å². The van der Waals surface area contributed by atoms with Crippen molar-refractivity contribution in [3.8, 4) is 0 Å². The summed E-state index contributed by atoms with van der Waals surface area (Å²) in [4.78, 5) is 18.2. The standard InChI is InChI=1S/C2H8N2.C2H2O4.Na/c3-1-2-4;3-1(4)2(5)6;/h1-4H2;(H,3,4)(H,5,6);. The molecule has 0 aliphatic heterocycles. The summed E-state index contributed by atoms with van der Waals surface area (Å²) in [6.07, 6.45) is 0. The van der Waals surface area contributed by atoms with Crippen molar-refractivity contribution in [2.24, 2.45) is 11.5 Å². The molecule has 1 radical (unpaired) electrons. The van der Waals surface area contributed by atoms with Gasteiger partial charge in [0, 0.05) is 42.6 Å². The molecule has 0 rings (SSSR count). The summed E-state index contributed by atoms with van der Waals surface area (Å²) in [5, 5.41) is 14.8. The largest absolute Gasteiger partial charge is 0.473 e. The number of aliphatic carboxylic acids is 2. The second kappa shape index (κ2) is 12.5. The van der Waals surface area contributed by atoms with E-state index in [0.717, 1.165) is 0 Å². The van der Waals surface area contributed by atoms with Crippen LogP contribution in [0.5, 0.6) is 0 Å². The van der Waals surface area contributed by atoms with E-state index in [-0.39, 0.29) is 29.6 Å². The van der Waals surface area contributed by atoms with Crippen LogP contribution in [0, 0.1) is 0 Å². The van der Waals surface area contributed by atoms with Crippen molar-refractivity contribution in [3.63, 3.8) is 0 Å². The van der Waals surface area contributed by atoms with Crippen molar-refractivity contribution < 1.29 is 19.8 Å². The van der Waals surface area contributed by atoms with Crippen molar-refractivity contribution in [1.82, 2.24) is 0 Å².